The number of nitrogens with zero attached hydrogens (tertiary/aromatic N) is 5. The summed E-state index contributed by atoms with van der Waals surface area (Å²) in [5.41, 5.74) is 7.67. The highest BCUT2D eigenvalue weighted by Gasteiger charge is 2.31. The number of amides is 2. The van der Waals surface area contributed by atoms with Crippen LogP contribution >= 0.6 is 11.6 Å². The normalized spacial score (nSPS) is 13.7. The minimum atomic E-state index is -0.693. The van der Waals surface area contributed by atoms with Crippen molar-refractivity contribution in [3.05, 3.63) is 71.3 Å². The molecular formula is C24H20ClN7O3. The van der Waals surface area contributed by atoms with Crippen molar-refractivity contribution < 1.29 is 14.4 Å². The summed E-state index contributed by atoms with van der Waals surface area (Å²) < 4.78 is 0. The molecule has 1 aliphatic heterocycles. The third kappa shape index (κ3) is 4.19. The number of hydrogen-bond acceptors (Lipinski definition) is 7. The molecule has 5 rings (SSSR count). The number of anilines is 1. The minimum Gasteiger partial charge on any atom is -0.382 e. The highest BCUT2D eigenvalue weighted by Crippen LogP contribution is 2.32. The maximum Gasteiger partial charge on any atom is 0.295 e. The third-order valence-corrected chi connectivity index (χ3v) is 6.18. The van der Waals surface area contributed by atoms with Gasteiger partial charge in [-0.05, 0) is 12.1 Å². The van der Waals surface area contributed by atoms with Gasteiger partial charge < -0.3 is 20.5 Å². The molecule has 176 valence electrons. The van der Waals surface area contributed by atoms with Gasteiger partial charge in [-0.1, -0.05) is 29.8 Å². The number of H-pyrrole nitrogens is 1. The molecule has 1 aromatic carbocycles. The first-order valence-corrected chi connectivity index (χ1v) is 11.2. The largest absolute Gasteiger partial charge is 0.382 e. The van der Waals surface area contributed by atoms with Gasteiger partial charge in [0, 0.05) is 49.5 Å². The molecule has 0 radical (unpaired) electrons. The number of aromatic nitrogens is 4. The van der Waals surface area contributed by atoms with Crippen molar-refractivity contribution >= 4 is 45.9 Å². The molecule has 1 aliphatic rings. The fraction of sp³-hybridized carbons (Fsp3) is 0.167. The summed E-state index contributed by atoms with van der Waals surface area (Å²) in [6.45, 7) is 1.19. The fourth-order valence-corrected chi connectivity index (χ4v) is 4.32. The minimum absolute atomic E-state index is 0.0989. The number of piperazine rings is 1. The molecule has 3 aromatic heterocycles. The summed E-state index contributed by atoms with van der Waals surface area (Å²) >= 11 is 6.38. The Bertz CT molecular complexity index is 1430. The second-order valence-corrected chi connectivity index (χ2v) is 8.42. The highest BCUT2D eigenvalue weighted by molar-refractivity contribution is 6.47. The van der Waals surface area contributed by atoms with Crippen LogP contribution < -0.4 is 5.73 Å². The molecule has 0 bridgehead atoms. The number of hydrogen-bond donors (Lipinski definition) is 2. The van der Waals surface area contributed by atoms with Gasteiger partial charge in [-0.25, -0.2) is 9.97 Å². The van der Waals surface area contributed by atoms with Crippen molar-refractivity contribution in [2.24, 2.45) is 0 Å². The van der Waals surface area contributed by atoms with E-state index < -0.39 is 11.7 Å². The second kappa shape index (κ2) is 9.15. The van der Waals surface area contributed by atoms with Crippen molar-refractivity contribution in [1.29, 1.82) is 0 Å². The Morgan fingerprint density at radius 2 is 1.63 bits per heavy atom. The van der Waals surface area contributed by atoms with Gasteiger partial charge in [0.1, 0.15) is 17.2 Å². The number of rotatable bonds is 4. The lowest BCUT2D eigenvalue weighted by atomic mass is 10.1. The number of carbonyl (C=O) groups is 3. The second-order valence-electron chi connectivity index (χ2n) is 8.01. The van der Waals surface area contributed by atoms with Gasteiger partial charge in [0.2, 0.25) is 0 Å². The van der Waals surface area contributed by atoms with E-state index in [1.165, 1.54) is 29.7 Å². The number of benzene rings is 1. The smallest absolute Gasteiger partial charge is 0.295 e. The van der Waals surface area contributed by atoms with E-state index in [0.717, 1.165) is 0 Å². The lowest BCUT2D eigenvalue weighted by Crippen LogP contribution is -2.52. The molecule has 4 heterocycles. The van der Waals surface area contributed by atoms with Crippen molar-refractivity contribution in [3.63, 3.8) is 0 Å². The van der Waals surface area contributed by atoms with Crippen LogP contribution in [-0.4, -0.2) is 73.5 Å². The zero-order valence-corrected chi connectivity index (χ0v) is 19.2. The van der Waals surface area contributed by atoms with E-state index in [2.05, 4.69) is 19.9 Å². The van der Waals surface area contributed by atoms with Crippen LogP contribution in [-0.2, 0) is 4.79 Å². The molecule has 10 nitrogen and oxygen atoms in total. The number of nitrogen functional groups attached to an aromatic ring is 1. The van der Waals surface area contributed by atoms with Crippen LogP contribution in [0.15, 0.2) is 55.1 Å². The third-order valence-electron chi connectivity index (χ3n) is 5.89. The Balaban J connectivity index is 1.35. The molecule has 2 amide bonds. The summed E-state index contributed by atoms with van der Waals surface area (Å²) in [4.78, 5) is 57.6. The molecular weight excluding hydrogens is 470 g/mol. The fourth-order valence-electron chi connectivity index (χ4n) is 4.08. The molecule has 1 saturated heterocycles. The van der Waals surface area contributed by atoms with E-state index in [0.29, 0.717) is 40.9 Å². The van der Waals surface area contributed by atoms with E-state index in [4.69, 9.17) is 17.3 Å². The maximum absolute atomic E-state index is 13.2. The van der Waals surface area contributed by atoms with Crippen LogP contribution in [0.5, 0.6) is 0 Å². The van der Waals surface area contributed by atoms with Crippen LogP contribution in [0, 0.1) is 0 Å². The number of nitrogens with two attached hydrogens (primary N) is 1. The monoisotopic (exact) mass is 489 g/mol. The molecule has 3 N–H and O–H groups in total. The van der Waals surface area contributed by atoms with Gasteiger partial charge in [-0.15, -0.1) is 0 Å². The zero-order chi connectivity index (χ0) is 24.5. The molecule has 11 heteroatoms. The molecule has 0 atom stereocenters. The predicted octanol–water partition coefficient (Wildman–Crippen LogP) is 2.42. The van der Waals surface area contributed by atoms with Crippen LogP contribution in [0.3, 0.4) is 0 Å². The SMILES string of the molecule is Nc1cnc(-c2ncc(Cl)c3c(C(=O)C(=O)N4CCN(C(=O)c5ccccc5)CC4)c[nH]c23)cn1. The number of Topliss-reactive ketones (excluding diaryl/α,β-unsaturated/α-hetero) is 1. The molecule has 1 fully saturated rings. The number of aromatic amines is 1. The van der Waals surface area contributed by atoms with E-state index in [9.17, 15) is 14.4 Å². The number of halogens is 1. The Labute approximate surface area is 204 Å². The average molecular weight is 490 g/mol. The van der Waals surface area contributed by atoms with Gasteiger partial charge in [0.25, 0.3) is 17.6 Å². The van der Waals surface area contributed by atoms with E-state index in [1.807, 2.05) is 6.07 Å². The van der Waals surface area contributed by atoms with Gasteiger partial charge >= 0.3 is 0 Å². The van der Waals surface area contributed by atoms with Gasteiger partial charge in [-0.2, -0.15) is 0 Å². The van der Waals surface area contributed by atoms with E-state index in [-0.39, 0.29) is 35.4 Å². The quantitative estimate of drug-likeness (QED) is 0.331. The van der Waals surface area contributed by atoms with Gasteiger partial charge in [0.15, 0.2) is 0 Å². The van der Waals surface area contributed by atoms with Crippen molar-refractivity contribution in [2.75, 3.05) is 31.9 Å². The first-order valence-electron chi connectivity index (χ1n) is 10.9. The van der Waals surface area contributed by atoms with Crippen LogP contribution in [0.2, 0.25) is 5.02 Å². The Hall–Kier alpha value is -4.31. The van der Waals surface area contributed by atoms with Crippen LogP contribution in [0.25, 0.3) is 22.3 Å². The Morgan fingerprint density at radius 1 is 0.914 bits per heavy atom. The molecule has 35 heavy (non-hydrogen) atoms. The standard InChI is InChI=1S/C24H20ClN7O3/c25-16-11-30-20(17-12-28-18(26)13-27-17)21-19(16)15(10-29-21)22(33)24(35)32-8-6-31(7-9-32)23(34)14-4-2-1-3-5-14/h1-5,10-13,29H,6-9H2,(H2,26,28). The number of carbonyl (C=O) groups excluding carboxylic acids is 3. The number of nitrogens with one attached hydrogen (secondary N) is 1. The predicted molar refractivity (Wildman–Crippen MR) is 130 cm³/mol. The topological polar surface area (TPSA) is 138 Å². The molecule has 4 aromatic rings. The van der Waals surface area contributed by atoms with Crippen molar-refractivity contribution in [2.45, 2.75) is 0 Å². The Kier molecular flexibility index (Phi) is 5.87. The van der Waals surface area contributed by atoms with Crippen LogP contribution in [0.1, 0.15) is 20.7 Å². The van der Waals surface area contributed by atoms with Gasteiger partial charge in [0.05, 0.1) is 28.5 Å². The number of fused-ring (bicyclic) bond motifs is 1. The Morgan fingerprint density at radius 3 is 2.31 bits per heavy atom. The molecule has 0 unspecified atom stereocenters. The average Bonchev–Trinajstić information content (AvgIpc) is 3.35. The summed E-state index contributed by atoms with van der Waals surface area (Å²) in [5, 5.41) is 0.606. The summed E-state index contributed by atoms with van der Waals surface area (Å²) in [6, 6.07) is 8.96. The summed E-state index contributed by atoms with van der Waals surface area (Å²) in [7, 11) is 0. The molecule has 0 spiro atoms. The molecule has 0 saturated carbocycles. The molecule has 0 aliphatic carbocycles. The van der Waals surface area contributed by atoms with Gasteiger partial charge in [-0.3, -0.25) is 19.4 Å². The maximum atomic E-state index is 13.2. The summed E-state index contributed by atoms with van der Waals surface area (Å²) in [6.07, 6.45) is 5.72. The van der Waals surface area contributed by atoms with Crippen molar-refractivity contribution in [1.82, 2.24) is 29.7 Å². The first kappa shape index (κ1) is 22.5. The van der Waals surface area contributed by atoms with E-state index >= 15 is 0 Å². The number of pyridine rings is 1. The highest BCUT2D eigenvalue weighted by atomic mass is 35.5. The zero-order valence-electron chi connectivity index (χ0n) is 18.4. The number of ketones is 1. The summed E-state index contributed by atoms with van der Waals surface area (Å²) in [5.74, 6) is -1.18. The lowest BCUT2D eigenvalue weighted by molar-refractivity contribution is -0.127. The first-order chi connectivity index (χ1) is 16.9. The van der Waals surface area contributed by atoms with Crippen LogP contribution in [0.4, 0.5) is 5.82 Å². The lowest BCUT2D eigenvalue weighted by Gasteiger charge is -2.34. The van der Waals surface area contributed by atoms with Crippen molar-refractivity contribution in [3.8, 4) is 11.4 Å². The van der Waals surface area contributed by atoms with E-state index in [1.54, 1.807) is 29.2 Å².